The molecule has 2 aliphatic heterocycles. The van der Waals surface area contributed by atoms with Crippen LogP contribution in [-0.4, -0.2) is 46.7 Å². The van der Waals surface area contributed by atoms with Crippen LogP contribution in [0.1, 0.15) is 82.3 Å². The van der Waals surface area contributed by atoms with Gasteiger partial charge in [-0.2, -0.15) is 0 Å². The van der Waals surface area contributed by atoms with Crippen LogP contribution in [0.4, 0.5) is 4.79 Å². The maximum Gasteiger partial charge on any atom is 0.315 e. The summed E-state index contributed by atoms with van der Waals surface area (Å²) in [7, 11) is 0. The molecule has 2 saturated heterocycles. The fourth-order valence-corrected chi connectivity index (χ4v) is 7.10. The minimum atomic E-state index is -1.31. The van der Waals surface area contributed by atoms with Crippen molar-refractivity contribution in [3.63, 3.8) is 0 Å². The van der Waals surface area contributed by atoms with Crippen molar-refractivity contribution in [2.75, 3.05) is 6.54 Å². The van der Waals surface area contributed by atoms with Gasteiger partial charge in [0.2, 0.25) is 0 Å². The lowest BCUT2D eigenvalue weighted by molar-refractivity contribution is 0.0470. The van der Waals surface area contributed by atoms with Crippen LogP contribution >= 0.6 is 0 Å². The molecule has 2 bridgehead atoms. The highest BCUT2D eigenvalue weighted by Gasteiger charge is 2.39. The second kappa shape index (κ2) is 11.4. The number of urea groups is 1. The zero-order valence-corrected chi connectivity index (χ0v) is 21.7. The highest BCUT2D eigenvalue weighted by atomic mass is 16.3. The number of hydrogen-bond donors (Lipinski definition) is 3. The van der Waals surface area contributed by atoms with Crippen LogP contribution in [0.15, 0.2) is 60.7 Å². The summed E-state index contributed by atoms with van der Waals surface area (Å²) in [6.45, 7) is 3.15. The molecule has 1 aliphatic carbocycles. The summed E-state index contributed by atoms with van der Waals surface area (Å²) in [5.41, 5.74) is 0.226. The Morgan fingerprint density at radius 2 is 1.44 bits per heavy atom. The van der Waals surface area contributed by atoms with Crippen LogP contribution < -0.4 is 10.6 Å². The molecule has 5 rings (SSSR count). The van der Waals surface area contributed by atoms with Crippen LogP contribution in [0.25, 0.3) is 0 Å². The number of aliphatic hydroxyl groups is 1. The molecule has 3 fully saturated rings. The number of nitrogens with zero attached hydrogens (tertiary/aromatic N) is 1. The van der Waals surface area contributed by atoms with Crippen molar-refractivity contribution in [3.05, 3.63) is 71.8 Å². The molecule has 5 heteroatoms. The van der Waals surface area contributed by atoms with Gasteiger partial charge in [0.25, 0.3) is 0 Å². The fraction of sp³-hybridized carbons (Fsp3) is 0.581. The predicted molar refractivity (Wildman–Crippen MR) is 145 cm³/mol. The van der Waals surface area contributed by atoms with Crippen LogP contribution in [-0.2, 0) is 5.60 Å². The summed E-state index contributed by atoms with van der Waals surface area (Å²) in [5, 5.41) is 18.1. The van der Waals surface area contributed by atoms with Gasteiger partial charge in [-0.3, -0.25) is 4.90 Å². The van der Waals surface area contributed by atoms with Gasteiger partial charge in [-0.05, 0) is 88.3 Å². The first-order valence-electron chi connectivity index (χ1n) is 14.2. The first kappa shape index (κ1) is 25.3. The summed E-state index contributed by atoms with van der Waals surface area (Å²) in [4.78, 5) is 15.8. The van der Waals surface area contributed by atoms with Crippen LogP contribution in [0.3, 0.4) is 0 Å². The average Bonchev–Trinajstić information content (AvgIpc) is 3.13. The number of piperidine rings is 1. The Morgan fingerprint density at radius 1 is 0.889 bits per heavy atom. The molecule has 3 atom stereocenters. The maximum absolute atomic E-state index is 13.0. The SMILES string of the molecule is C[C@H](NC(=O)NC1CCC(CCN2C3CCCC2CC3)CC1)C(O)(c1ccccc1)c1ccccc1. The van der Waals surface area contributed by atoms with Gasteiger partial charge in [0.15, 0.2) is 0 Å². The lowest BCUT2D eigenvalue weighted by atomic mass is 9.81. The number of carbonyl (C=O) groups is 1. The van der Waals surface area contributed by atoms with E-state index in [9.17, 15) is 9.90 Å². The van der Waals surface area contributed by atoms with Gasteiger partial charge in [0.05, 0.1) is 6.04 Å². The van der Waals surface area contributed by atoms with E-state index in [0.717, 1.165) is 42.0 Å². The Balaban J connectivity index is 1.12. The van der Waals surface area contributed by atoms with E-state index in [1.807, 2.05) is 67.6 Å². The summed E-state index contributed by atoms with van der Waals surface area (Å²) in [6.07, 6.45) is 12.9. The summed E-state index contributed by atoms with van der Waals surface area (Å²) >= 11 is 0. The second-order valence-corrected chi connectivity index (χ2v) is 11.4. The lowest BCUT2D eigenvalue weighted by Gasteiger charge is -2.37. The van der Waals surface area contributed by atoms with Gasteiger partial charge in [-0.25, -0.2) is 4.79 Å². The number of hydrogen-bond acceptors (Lipinski definition) is 3. The molecule has 2 aromatic carbocycles. The van der Waals surface area contributed by atoms with Crippen molar-refractivity contribution in [2.24, 2.45) is 5.92 Å². The van der Waals surface area contributed by atoms with E-state index >= 15 is 0 Å². The largest absolute Gasteiger partial charge is 0.378 e. The third kappa shape index (κ3) is 5.47. The van der Waals surface area contributed by atoms with Crippen LogP contribution in [0.5, 0.6) is 0 Å². The third-order valence-electron chi connectivity index (χ3n) is 9.23. The predicted octanol–water partition coefficient (Wildman–Crippen LogP) is 5.58. The van der Waals surface area contributed by atoms with E-state index in [4.69, 9.17) is 0 Å². The highest BCUT2D eigenvalue weighted by molar-refractivity contribution is 5.75. The topological polar surface area (TPSA) is 64.6 Å². The zero-order chi connectivity index (χ0) is 25.0. The standard InChI is InChI=1S/C31H43N3O2/c1-23(31(36,25-9-4-2-5-10-25)26-11-6-3-7-12-26)32-30(35)33-27-17-15-24(16-18-27)21-22-34-28-13-8-14-29(34)20-19-28/h2-7,9-12,23-24,27-29,36H,8,13-22H2,1H3,(H2,32,33,35)/t23-,24?,27?,28?,29?/m0/s1. The average molecular weight is 490 g/mol. The van der Waals surface area contributed by atoms with Crippen molar-refractivity contribution in [3.8, 4) is 0 Å². The van der Waals surface area contributed by atoms with Gasteiger partial charge in [-0.15, -0.1) is 0 Å². The van der Waals surface area contributed by atoms with Crippen LogP contribution in [0.2, 0.25) is 0 Å². The number of carbonyl (C=O) groups excluding carboxylic acids is 1. The van der Waals surface area contributed by atoms with Crippen molar-refractivity contribution < 1.29 is 9.90 Å². The minimum Gasteiger partial charge on any atom is -0.378 e. The Kier molecular flexibility index (Phi) is 7.97. The van der Waals surface area contributed by atoms with E-state index < -0.39 is 11.6 Å². The maximum atomic E-state index is 13.0. The summed E-state index contributed by atoms with van der Waals surface area (Å²) in [5.74, 6) is 0.785. The van der Waals surface area contributed by atoms with Crippen molar-refractivity contribution in [1.82, 2.24) is 15.5 Å². The molecule has 5 nitrogen and oxygen atoms in total. The summed E-state index contributed by atoms with van der Waals surface area (Å²) in [6, 6.07) is 20.5. The van der Waals surface area contributed by atoms with Crippen molar-refractivity contribution in [1.29, 1.82) is 0 Å². The number of nitrogens with one attached hydrogen (secondary N) is 2. The Bertz CT molecular complexity index is 918. The van der Waals surface area contributed by atoms with Gasteiger partial charge in [-0.1, -0.05) is 67.1 Å². The molecule has 0 spiro atoms. The molecule has 3 N–H and O–H groups in total. The Hall–Kier alpha value is -2.37. The van der Waals surface area contributed by atoms with E-state index in [1.165, 1.54) is 57.9 Å². The van der Waals surface area contributed by atoms with E-state index in [2.05, 4.69) is 15.5 Å². The molecule has 0 radical (unpaired) electrons. The second-order valence-electron chi connectivity index (χ2n) is 11.4. The molecule has 0 aromatic heterocycles. The fourth-order valence-electron chi connectivity index (χ4n) is 7.10. The number of benzene rings is 2. The zero-order valence-electron chi connectivity index (χ0n) is 21.7. The van der Waals surface area contributed by atoms with Gasteiger partial charge < -0.3 is 15.7 Å². The third-order valence-corrected chi connectivity index (χ3v) is 9.23. The molecule has 1 saturated carbocycles. The van der Waals surface area contributed by atoms with E-state index in [0.29, 0.717) is 0 Å². The van der Waals surface area contributed by atoms with E-state index in [-0.39, 0.29) is 12.1 Å². The van der Waals surface area contributed by atoms with Crippen molar-refractivity contribution >= 4 is 6.03 Å². The van der Waals surface area contributed by atoms with Gasteiger partial charge in [0.1, 0.15) is 5.60 Å². The first-order chi connectivity index (χ1) is 17.5. The van der Waals surface area contributed by atoms with Crippen molar-refractivity contribution in [2.45, 2.75) is 101 Å². The number of fused-ring (bicyclic) bond motifs is 2. The molecular formula is C31H43N3O2. The lowest BCUT2D eigenvalue weighted by Crippen LogP contribution is -2.54. The minimum absolute atomic E-state index is 0.193. The molecule has 3 aliphatic rings. The molecule has 2 unspecified atom stereocenters. The molecule has 36 heavy (non-hydrogen) atoms. The van der Waals surface area contributed by atoms with Gasteiger partial charge >= 0.3 is 6.03 Å². The van der Waals surface area contributed by atoms with Gasteiger partial charge in [0, 0.05) is 18.1 Å². The molecule has 194 valence electrons. The smallest absolute Gasteiger partial charge is 0.315 e. The van der Waals surface area contributed by atoms with Crippen LogP contribution in [0, 0.1) is 5.92 Å². The quantitative estimate of drug-likeness (QED) is 0.454. The number of amides is 2. The molecule has 2 heterocycles. The molecular weight excluding hydrogens is 446 g/mol. The molecule has 2 aromatic rings. The summed E-state index contributed by atoms with van der Waals surface area (Å²) < 4.78 is 0. The Labute approximate surface area is 216 Å². The highest BCUT2D eigenvalue weighted by Crippen LogP contribution is 2.37. The normalized spacial score (nSPS) is 27.4. The monoisotopic (exact) mass is 489 g/mol. The Morgan fingerprint density at radius 3 is 2.00 bits per heavy atom. The van der Waals surface area contributed by atoms with E-state index in [1.54, 1.807) is 0 Å². The number of rotatable bonds is 8. The first-order valence-corrected chi connectivity index (χ1v) is 14.2. The molecule has 2 amide bonds.